The molecular formula is C15H17NS. The molecule has 1 aliphatic carbocycles. The lowest BCUT2D eigenvalue weighted by Crippen LogP contribution is -2.06. The standard InChI is InChI=1S/C15H17NS/c1-9-3-4-12-11(5-7-16)13-6-8-17-15(13)14(12)10(9)2/h3-4,6,8,11H,5,7,16H2,1-2H3. The van der Waals surface area contributed by atoms with Crippen LogP contribution < -0.4 is 5.73 Å². The first kappa shape index (κ1) is 11.0. The summed E-state index contributed by atoms with van der Waals surface area (Å²) in [6, 6.07) is 6.81. The number of thiophene rings is 1. The smallest absolute Gasteiger partial charge is 0.0386 e. The molecule has 0 spiro atoms. The zero-order valence-corrected chi connectivity index (χ0v) is 11.1. The average Bonchev–Trinajstić information content (AvgIpc) is 2.87. The highest BCUT2D eigenvalue weighted by Crippen LogP contribution is 2.50. The van der Waals surface area contributed by atoms with Gasteiger partial charge >= 0.3 is 0 Å². The number of hydrogen-bond acceptors (Lipinski definition) is 2. The fraction of sp³-hybridized carbons (Fsp3) is 0.333. The third-order valence-corrected chi connectivity index (χ3v) is 4.84. The second-order valence-electron chi connectivity index (χ2n) is 4.81. The van der Waals surface area contributed by atoms with E-state index in [0.29, 0.717) is 5.92 Å². The maximum atomic E-state index is 5.76. The van der Waals surface area contributed by atoms with Gasteiger partial charge in [0.25, 0.3) is 0 Å². The van der Waals surface area contributed by atoms with Crippen LogP contribution in [0.1, 0.15) is 34.6 Å². The molecule has 2 N–H and O–H groups in total. The van der Waals surface area contributed by atoms with Gasteiger partial charge in [-0.15, -0.1) is 11.3 Å². The first-order chi connectivity index (χ1) is 8.24. The zero-order valence-electron chi connectivity index (χ0n) is 10.3. The van der Waals surface area contributed by atoms with Gasteiger partial charge in [-0.25, -0.2) is 0 Å². The van der Waals surface area contributed by atoms with E-state index in [4.69, 9.17) is 5.73 Å². The molecule has 3 rings (SSSR count). The normalized spacial score (nSPS) is 17.0. The SMILES string of the molecule is Cc1ccc2c(c1C)-c1sccc1C2CCN. The van der Waals surface area contributed by atoms with Crippen LogP contribution in [0.3, 0.4) is 0 Å². The molecular weight excluding hydrogens is 226 g/mol. The van der Waals surface area contributed by atoms with Crippen molar-refractivity contribution in [1.82, 2.24) is 0 Å². The number of benzene rings is 1. The second kappa shape index (κ2) is 3.97. The minimum Gasteiger partial charge on any atom is -0.330 e. The van der Waals surface area contributed by atoms with Crippen LogP contribution in [-0.4, -0.2) is 6.54 Å². The Labute approximate surface area is 106 Å². The Hall–Kier alpha value is -1.12. The molecule has 2 aromatic rings. The molecule has 1 atom stereocenters. The molecule has 0 aliphatic heterocycles. The van der Waals surface area contributed by atoms with E-state index in [0.717, 1.165) is 13.0 Å². The van der Waals surface area contributed by atoms with Crippen molar-refractivity contribution in [2.24, 2.45) is 5.73 Å². The van der Waals surface area contributed by atoms with Crippen molar-refractivity contribution in [2.75, 3.05) is 6.54 Å². The van der Waals surface area contributed by atoms with Gasteiger partial charge in [0.05, 0.1) is 0 Å². The zero-order chi connectivity index (χ0) is 12.0. The Morgan fingerprint density at radius 1 is 1.18 bits per heavy atom. The van der Waals surface area contributed by atoms with Crippen LogP contribution in [0.4, 0.5) is 0 Å². The maximum Gasteiger partial charge on any atom is 0.0386 e. The van der Waals surface area contributed by atoms with E-state index in [1.807, 2.05) is 11.3 Å². The minimum absolute atomic E-state index is 0.524. The number of hydrogen-bond donors (Lipinski definition) is 1. The predicted molar refractivity (Wildman–Crippen MR) is 74.7 cm³/mol. The van der Waals surface area contributed by atoms with Crippen LogP contribution in [0.5, 0.6) is 0 Å². The van der Waals surface area contributed by atoms with Crippen molar-refractivity contribution < 1.29 is 0 Å². The summed E-state index contributed by atoms with van der Waals surface area (Å²) in [5.41, 5.74) is 13.0. The quantitative estimate of drug-likeness (QED) is 0.852. The fourth-order valence-corrected chi connectivity index (χ4v) is 3.96. The highest BCUT2D eigenvalue weighted by atomic mass is 32.1. The molecule has 2 heteroatoms. The van der Waals surface area contributed by atoms with Gasteiger partial charge in [-0.2, -0.15) is 0 Å². The van der Waals surface area contributed by atoms with Crippen LogP contribution in [0.15, 0.2) is 23.6 Å². The number of aryl methyl sites for hydroxylation is 1. The minimum atomic E-state index is 0.524. The average molecular weight is 243 g/mol. The van der Waals surface area contributed by atoms with Gasteiger partial charge in [0.15, 0.2) is 0 Å². The molecule has 17 heavy (non-hydrogen) atoms. The van der Waals surface area contributed by atoms with Gasteiger partial charge in [-0.1, -0.05) is 12.1 Å². The van der Waals surface area contributed by atoms with Crippen molar-refractivity contribution in [2.45, 2.75) is 26.2 Å². The summed E-state index contributed by atoms with van der Waals surface area (Å²) in [7, 11) is 0. The Bertz CT molecular complexity index is 568. The van der Waals surface area contributed by atoms with Crippen molar-refractivity contribution in [3.05, 3.63) is 45.8 Å². The van der Waals surface area contributed by atoms with Crippen LogP contribution in [0.25, 0.3) is 10.4 Å². The molecule has 1 nitrogen and oxygen atoms in total. The Kier molecular flexibility index (Phi) is 2.57. The molecule has 0 radical (unpaired) electrons. The van der Waals surface area contributed by atoms with Crippen LogP contribution in [0, 0.1) is 13.8 Å². The molecule has 1 heterocycles. The van der Waals surface area contributed by atoms with E-state index < -0.39 is 0 Å². The summed E-state index contributed by atoms with van der Waals surface area (Å²) in [6.45, 7) is 5.19. The third-order valence-electron chi connectivity index (χ3n) is 3.90. The van der Waals surface area contributed by atoms with Gasteiger partial charge in [0.2, 0.25) is 0 Å². The van der Waals surface area contributed by atoms with Crippen LogP contribution >= 0.6 is 11.3 Å². The summed E-state index contributed by atoms with van der Waals surface area (Å²) in [6.07, 6.45) is 1.05. The van der Waals surface area contributed by atoms with E-state index in [-0.39, 0.29) is 0 Å². The topological polar surface area (TPSA) is 26.0 Å². The summed E-state index contributed by atoms with van der Waals surface area (Å²) >= 11 is 1.87. The second-order valence-corrected chi connectivity index (χ2v) is 5.72. The van der Waals surface area contributed by atoms with E-state index >= 15 is 0 Å². The lowest BCUT2D eigenvalue weighted by molar-refractivity contribution is 0.741. The molecule has 0 saturated carbocycles. The van der Waals surface area contributed by atoms with E-state index in [2.05, 4.69) is 37.4 Å². The first-order valence-electron chi connectivity index (χ1n) is 6.12. The van der Waals surface area contributed by atoms with Crippen molar-refractivity contribution >= 4 is 11.3 Å². The summed E-state index contributed by atoms with van der Waals surface area (Å²) < 4.78 is 0. The summed E-state index contributed by atoms with van der Waals surface area (Å²) in [5, 5.41) is 2.21. The lowest BCUT2D eigenvalue weighted by Gasteiger charge is -2.13. The predicted octanol–water partition coefficient (Wildman–Crippen LogP) is 3.83. The number of rotatable bonds is 2. The molecule has 0 amide bonds. The Morgan fingerprint density at radius 2 is 2.00 bits per heavy atom. The monoisotopic (exact) mass is 243 g/mol. The third kappa shape index (κ3) is 1.48. The van der Waals surface area contributed by atoms with E-state index in [1.165, 1.54) is 32.7 Å². The van der Waals surface area contributed by atoms with Gasteiger partial charge < -0.3 is 5.73 Å². The van der Waals surface area contributed by atoms with Crippen LogP contribution in [-0.2, 0) is 0 Å². The molecule has 1 aliphatic rings. The van der Waals surface area contributed by atoms with Gasteiger partial charge in [-0.3, -0.25) is 0 Å². The molecule has 0 fully saturated rings. The van der Waals surface area contributed by atoms with E-state index in [9.17, 15) is 0 Å². The summed E-state index contributed by atoms with van der Waals surface area (Å²) in [4.78, 5) is 1.47. The summed E-state index contributed by atoms with van der Waals surface area (Å²) in [5.74, 6) is 0.524. The molecule has 0 bridgehead atoms. The molecule has 1 aromatic carbocycles. The van der Waals surface area contributed by atoms with Crippen LogP contribution in [0.2, 0.25) is 0 Å². The van der Waals surface area contributed by atoms with Crippen molar-refractivity contribution in [3.63, 3.8) is 0 Å². The number of nitrogens with two attached hydrogens (primary N) is 1. The van der Waals surface area contributed by atoms with Crippen molar-refractivity contribution in [3.8, 4) is 10.4 Å². The molecule has 0 saturated heterocycles. The molecule has 1 unspecified atom stereocenters. The van der Waals surface area contributed by atoms with Crippen molar-refractivity contribution in [1.29, 1.82) is 0 Å². The largest absolute Gasteiger partial charge is 0.330 e. The number of fused-ring (bicyclic) bond motifs is 3. The maximum absolute atomic E-state index is 5.76. The molecule has 1 aromatic heterocycles. The first-order valence-corrected chi connectivity index (χ1v) is 7.00. The highest BCUT2D eigenvalue weighted by molar-refractivity contribution is 7.14. The van der Waals surface area contributed by atoms with Gasteiger partial charge in [0, 0.05) is 10.8 Å². The highest BCUT2D eigenvalue weighted by Gasteiger charge is 2.30. The Balaban J connectivity index is 2.26. The van der Waals surface area contributed by atoms with Gasteiger partial charge in [-0.05, 0) is 66.1 Å². The Morgan fingerprint density at radius 3 is 2.76 bits per heavy atom. The molecule has 88 valence electrons. The lowest BCUT2D eigenvalue weighted by atomic mass is 9.92. The fourth-order valence-electron chi connectivity index (χ4n) is 2.87. The van der Waals surface area contributed by atoms with E-state index in [1.54, 1.807) is 0 Å². The van der Waals surface area contributed by atoms with Gasteiger partial charge in [0.1, 0.15) is 0 Å².